The Morgan fingerprint density at radius 3 is 1.27 bits per heavy atom. The molecule has 13 heteroatoms. The van der Waals surface area contributed by atoms with E-state index < -0.39 is 20.0 Å². The first-order valence-corrected chi connectivity index (χ1v) is 13.3. The number of rotatable bonds is 8. The van der Waals surface area contributed by atoms with Crippen LogP contribution in [-0.4, -0.2) is 85.7 Å². The lowest BCUT2D eigenvalue weighted by Gasteiger charge is -2.26. The average molecular weight is 495 g/mol. The molecule has 2 aliphatic heterocycles. The van der Waals surface area contributed by atoms with Gasteiger partial charge in [0, 0.05) is 26.2 Å². The molecule has 0 N–H and O–H groups in total. The molecule has 0 aromatic heterocycles. The molecule has 1 radical (unpaired) electrons. The molecule has 2 aromatic carbocycles. The van der Waals surface area contributed by atoms with Crippen LogP contribution in [0, 0.1) is 0 Å². The van der Waals surface area contributed by atoms with Gasteiger partial charge in [0.2, 0.25) is 20.0 Å². The molecule has 2 saturated heterocycles. The minimum absolute atomic E-state index is 0.176. The van der Waals surface area contributed by atoms with Crippen LogP contribution in [0.25, 0.3) is 0 Å². The van der Waals surface area contributed by atoms with Crippen LogP contribution in [0.1, 0.15) is 0 Å². The lowest BCUT2D eigenvalue weighted by atomic mass is 10.3. The molecule has 0 unspecified atom stereocenters. The Morgan fingerprint density at radius 1 is 0.606 bits per heavy atom. The highest BCUT2D eigenvalue weighted by Crippen LogP contribution is 2.22. The van der Waals surface area contributed by atoms with Crippen molar-refractivity contribution in [2.24, 2.45) is 0 Å². The molecule has 0 spiro atoms. The van der Waals surface area contributed by atoms with Crippen molar-refractivity contribution >= 4 is 27.7 Å². The minimum atomic E-state index is -3.57. The first-order valence-electron chi connectivity index (χ1n) is 10.4. The van der Waals surface area contributed by atoms with E-state index in [0.29, 0.717) is 64.1 Å². The Morgan fingerprint density at radius 2 is 0.939 bits per heavy atom. The van der Waals surface area contributed by atoms with Gasteiger partial charge in [0.05, 0.1) is 36.2 Å². The molecule has 0 saturated carbocycles. The highest BCUT2D eigenvalue weighted by atomic mass is 32.2. The molecule has 2 aliphatic rings. The number of sulfonamides is 2. The van der Waals surface area contributed by atoms with E-state index in [0.717, 1.165) is 7.69 Å². The quantitative estimate of drug-likeness (QED) is 0.493. The summed E-state index contributed by atoms with van der Waals surface area (Å²) < 4.78 is 74.6. The van der Waals surface area contributed by atoms with Crippen LogP contribution in [0.2, 0.25) is 0 Å². The van der Waals surface area contributed by atoms with E-state index in [1.807, 2.05) is 0 Å². The molecule has 0 amide bonds. The van der Waals surface area contributed by atoms with Crippen molar-refractivity contribution in [3.05, 3.63) is 48.5 Å². The van der Waals surface area contributed by atoms with E-state index >= 15 is 0 Å². The third-order valence-corrected chi connectivity index (χ3v) is 9.06. The highest BCUT2D eigenvalue weighted by molar-refractivity contribution is 7.89. The molecule has 0 bridgehead atoms. The van der Waals surface area contributed by atoms with Crippen molar-refractivity contribution in [1.29, 1.82) is 0 Å². The topological polar surface area (TPSA) is 112 Å². The second-order valence-corrected chi connectivity index (χ2v) is 11.2. The van der Waals surface area contributed by atoms with Crippen LogP contribution in [0.3, 0.4) is 0 Å². The van der Waals surface area contributed by atoms with Crippen LogP contribution >= 0.6 is 0 Å². The highest BCUT2D eigenvalue weighted by Gasteiger charge is 2.27. The smallest absolute Gasteiger partial charge is 0.526 e. The van der Waals surface area contributed by atoms with Gasteiger partial charge in [0.15, 0.2) is 0 Å². The van der Waals surface area contributed by atoms with E-state index in [2.05, 4.69) is 0 Å². The van der Waals surface area contributed by atoms with Crippen LogP contribution in [0.15, 0.2) is 58.3 Å². The molecule has 0 aliphatic carbocycles. The zero-order valence-corrected chi connectivity index (χ0v) is 19.5. The van der Waals surface area contributed by atoms with Crippen molar-refractivity contribution in [1.82, 2.24) is 8.61 Å². The Balaban J connectivity index is 1.30. The summed E-state index contributed by atoms with van der Waals surface area (Å²) in [7, 11) is -6.05. The van der Waals surface area contributed by atoms with Crippen LogP contribution in [0.5, 0.6) is 11.5 Å². The molecule has 4 rings (SSSR count). The summed E-state index contributed by atoms with van der Waals surface area (Å²) in [5, 5.41) is 0. The number of hydrogen-bond acceptors (Lipinski definition) is 8. The van der Waals surface area contributed by atoms with Crippen LogP contribution in [0.4, 0.5) is 0 Å². The third kappa shape index (κ3) is 5.68. The average Bonchev–Trinajstić information content (AvgIpc) is 2.86. The second kappa shape index (κ2) is 10.4. The van der Waals surface area contributed by atoms with Gasteiger partial charge < -0.3 is 18.8 Å². The number of benzene rings is 2. The van der Waals surface area contributed by atoms with E-state index in [4.69, 9.17) is 18.8 Å². The lowest BCUT2D eigenvalue weighted by molar-refractivity contribution is 0.0730. The summed E-state index contributed by atoms with van der Waals surface area (Å²) in [6.45, 7) is 2.84. The standard InChI is InChI=1S/C20H24BN2O8S2/c24-32(25,22-9-13-28-14-10-22)19-5-1-17(2-6-19)30-21-31-18-3-7-20(8-4-18)33(26,27)23-11-15-29-16-12-23/h1-8H,9-16H2. The maximum Gasteiger partial charge on any atom is 0.658 e. The van der Waals surface area contributed by atoms with Gasteiger partial charge in [-0.15, -0.1) is 0 Å². The van der Waals surface area contributed by atoms with Crippen molar-refractivity contribution < 1.29 is 35.6 Å². The fourth-order valence-corrected chi connectivity index (χ4v) is 6.20. The number of morpholine rings is 2. The van der Waals surface area contributed by atoms with Crippen molar-refractivity contribution in [2.75, 3.05) is 52.6 Å². The lowest BCUT2D eigenvalue weighted by Crippen LogP contribution is -2.40. The van der Waals surface area contributed by atoms with Gasteiger partial charge in [0.25, 0.3) is 0 Å². The Bertz CT molecular complexity index is 1040. The molecule has 2 fully saturated rings. The molecule has 2 aromatic rings. The van der Waals surface area contributed by atoms with E-state index in [-0.39, 0.29) is 9.79 Å². The maximum atomic E-state index is 12.6. The Hall–Kier alpha value is -2.16. The normalized spacial score (nSPS) is 18.5. The maximum absolute atomic E-state index is 12.6. The van der Waals surface area contributed by atoms with Gasteiger partial charge in [-0.1, -0.05) is 0 Å². The SMILES string of the molecule is O=S(=O)(c1ccc(O[B]Oc2ccc(S(=O)(=O)N3CCOCC3)cc2)cc1)N1CCOCC1. The largest absolute Gasteiger partial charge is 0.658 e. The fraction of sp³-hybridized carbons (Fsp3) is 0.400. The summed E-state index contributed by atoms with van der Waals surface area (Å²) in [4.78, 5) is 0.351. The van der Waals surface area contributed by atoms with Gasteiger partial charge in [-0.25, -0.2) is 16.8 Å². The number of ether oxygens (including phenoxy) is 2. The summed E-state index contributed by atoms with van der Waals surface area (Å²) >= 11 is 0. The predicted molar refractivity (Wildman–Crippen MR) is 119 cm³/mol. The number of nitrogens with zero attached hydrogens (tertiary/aromatic N) is 2. The summed E-state index contributed by atoms with van der Waals surface area (Å²) in [6, 6.07) is 12.0. The number of hydrogen-bond donors (Lipinski definition) is 0. The van der Waals surface area contributed by atoms with Gasteiger partial charge in [-0.3, -0.25) is 0 Å². The second-order valence-electron chi connectivity index (χ2n) is 7.31. The summed E-state index contributed by atoms with van der Waals surface area (Å²) in [6.07, 6.45) is 0. The Kier molecular flexibility index (Phi) is 7.56. The third-order valence-electron chi connectivity index (χ3n) is 5.23. The van der Waals surface area contributed by atoms with Gasteiger partial charge in [-0.2, -0.15) is 8.61 Å². The zero-order valence-electron chi connectivity index (χ0n) is 17.8. The molecule has 33 heavy (non-hydrogen) atoms. The first-order chi connectivity index (χ1) is 15.9. The van der Waals surface area contributed by atoms with E-state index in [9.17, 15) is 16.8 Å². The van der Waals surface area contributed by atoms with E-state index in [1.54, 1.807) is 0 Å². The fourth-order valence-electron chi connectivity index (χ4n) is 3.39. The molecular formula is C20H24BN2O8S2. The first kappa shape index (κ1) is 24.0. The van der Waals surface area contributed by atoms with Crippen molar-refractivity contribution in [3.8, 4) is 11.5 Å². The molecule has 177 valence electrons. The van der Waals surface area contributed by atoms with Gasteiger partial charge in [-0.05, 0) is 48.5 Å². The van der Waals surface area contributed by atoms with Crippen LogP contribution < -0.4 is 9.31 Å². The molecule has 0 atom stereocenters. The van der Waals surface area contributed by atoms with E-state index in [1.165, 1.54) is 57.1 Å². The summed E-state index contributed by atoms with van der Waals surface area (Å²) in [5.41, 5.74) is 0. The van der Waals surface area contributed by atoms with Gasteiger partial charge >= 0.3 is 7.69 Å². The van der Waals surface area contributed by atoms with Gasteiger partial charge in [0.1, 0.15) is 11.5 Å². The minimum Gasteiger partial charge on any atom is -0.526 e. The molecule has 2 heterocycles. The van der Waals surface area contributed by atoms with Crippen molar-refractivity contribution in [3.63, 3.8) is 0 Å². The monoisotopic (exact) mass is 495 g/mol. The predicted octanol–water partition coefficient (Wildman–Crippen LogP) is 0.720. The summed E-state index contributed by atoms with van der Waals surface area (Å²) in [5.74, 6) is 0.782. The zero-order chi connectivity index (χ0) is 23.3. The Labute approximate surface area is 194 Å². The molecular weight excluding hydrogens is 471 g/mol. The van der Waals surface area contributed by atoms with Crippen LogP contribution in [-0.2, 0) is 29.5 Å². The van der Waals surface area contributed by atoms with Crippen molar-refractivity contribution in [2.45, 2.75) is 9.79 Å². The molecule has 10 nitrogen and oxygen atoms in total.